The Bertz CT molecular complexity index is 749. The number of anilines is 1. The van der Waals surface area contributed by atoms with Gasteiger partial charge < -0.3 is 20.3 Å². The predicted octanol–water partition coefficient (Wildman–Crippen LogP) is 4.42. The zero-order valence-electron chi connectivity index (χ0n) is 17.2. The van der Waals surface area contributed by atoms with Crippen molar-refractivity contribution in [3.63, 3.8) is 0 Å². The molecular formula is C22H31N3O2. The Balaban J connectivity index is 2.04. The van der Waals surface area contributed by atoms with Gasteiger partial charge in [-0.2, -0.15) is 0 Å². The minimum absolute atomic E-state index is 0.0425. The van der Waals surface area contributed by atoms with Crippen LogP contribution in [0.2, 0.25) is 0 Å². The molecule has 0 aliphatic heterocycles. The Kier molecular flexibility index (Phi) is 6.86. The first-order valence-electron chi connectivity index (χ1n) is 9.17. The van der Waals surface area contributed by atoms with Crippen molar-refractivity contribution in [2.75, 3.05) is 33.1 Å². The van der Waals surface area contributed by atoms with Gasteiger partial charge >= 0.3 is 6.03 Å². The number of carbonyl (C=O) groups is 1. The van der Waals surface area contributed by atoms with Crippen molar-refractivity contribution in [3.8, 4) is 5.75 Å². The smallest absolute Gasteiger partial charge is 0.319 e. The van der Waals surface area contributed by atoms with Gasteiger partial charge in [-0.1, -0.05) is 51.1 Å². The summed E-state index contributed by atoms with van der Waals surface area (Å²) in [5.41, 5.74) is 3.03. The average molecular weight is 370 g/mol. The number of para-hydroxylation sites is 1. The summed E-state index contributed by atoms with van der Waals surface area (Å²) in [6.45, 7) is 6.91. The fraction of sp³-hybridized carbons (Fsp3) is 0.409. The van der Waals surface area contributed by atoms with E-state index in [1.807, 2.05) is 56.6 Å². The van der Waals surface area contributed by atoms with Gasteiger partial charge in [-0.05, 0) is 48.8 Å². The molecule has 0 aliphatic rings. The summed E-state index contributed by atoms with van der Waals surface area (Å²) in [4.78, 5) is 14.6. The highest BCUT2D eigenvalue weighted by Crippen LogP contribution is 2.29. The lowest BCUT2D eigenvalue weighted by Crippen LogP contribution is -2.37. The number of urea groups is 1. The fourth-order valence-electron chi connectivity index (χ4n) is 3.03. The van der Waals surface area contributed by atoms with Gasteiger partial charge in [0.1, 0.15) is 5.75 Å². The molecule has 5 heteroatoms. The number of nitrogens with one attached hydrogen (secondary N) is 2. The molecule has 0 saturated carbocycles. The molecule has 0 aliphatic carbocycles. The summed E-state index contributed by atoms with van der Waals surface area (Å²) in [5.74, 6) is 0.820. The second-order valence-corrected chi connectivity index (χ2v) is 7.88. The SMILES string of the molecule is COc1ccc(C(CNC(=O)Nc2ccccc2C(C)(C)C)N(C)C)cc1. The van der Waals surface area contributed by atoms with E-state index in [0.717, 1.165) is 22.6 Å². The molecular weight excluding hydrogens is 338 g/mol. The largest absolute Gasteiger partial charge is 0.497 e. The third-order valence-electron chi connectivity index (χ3n) is 4.56. The minimum atomic E-state index is -0.202. The normalized spacial score (nSPS) is 12.6. The fourth-order valence-corrected chi connectivity index (χ4v) is 3.03. The summed E-state index contributed by atoms with van der Waals surface area (Å²) in [6.07, 6.45) is 0. The molecule has 2 N–H and O–H groups in total. The number of hydrogen-bond acceptors (Lipinski definition) is 3. The minimum Gasteiger partial charge on any atom is -0.497 e. The second kappa shape index (κ2) is 8.91. The van der Waals surface area contributed by atoms with E-state index in [4.69, 9.17) is 4.74 Å². The van der Waals surface area contributed by atoms with Crippen LogP contribution in [0.15, 0.2) is 48.5 Å². The number of methoxy groups -OCH3 is 1. The molecule has 0 bridgehead atoms. The van der Waals surface area contributed by atoms with Crippen LogP contribution in [0.25, 0.3) is 0 Å². The molecule has 146 valence electrons. The number of amides is 2. The monoisotopic (exact) mass is 369 g/mol. The van der Waals surface area contributed by atoms with E-state index >= 15 is 0 Å². The molecule has 0 radical (unpaired) electrons. The second-order valence-electron chi connectivity index (χ2n) is 7.88. The summed E-state index contributed by atoms with van der Waals surface area (Å²) in [5, 5.41) is 5.99. The summed E-state index contributed by atoms with van der Waals surface area (Å²) in [6, 6.07) is 15.7. The molecule has 5 nitrogen and oxygen atoms in total. The van der Waals surface area contributed by atoms with Crippen molar-refractivity contribution in [3.05, 3.63) is 59.7 Å². The number of benzene rings is 2. The van der Waals surface area contributed by atoms with Crippen molar-refractivity contribution in [1.29, 1.82) is 0 Å². The molecule has 2 amide bonds. The number of ether oxygens (including phenoxy) is 1. The van der Waals surface area contributed by atoms with Crippen molar-refractivity contribution in [2.24, 2.45) is 0 Å². The van der Waals surface area contributed by atoms with Gasteiger partial charge in [-0.15, -0.1) is 0 Å². The van der Waals surface area contributed by atoms with Crippen molar-refractivity contribution >= 4 is 11.7 Å². The van der Waals surface area contributed by atoms with Crippen LogP contribution < -0.4 is 15.4 Å². The third-order valence-corrected chi connectivity index (χ3v) is 4.56. The van der Waals surface area contributed by atoms with Crippen molar-refractivity contribution in [1.82, 2.24) is 10.2 Å². The van der Waals surface area contributed by atoms with Crippen LogP contribution in [-0.2, 0) is 5.41 Å². The van der Waals surface area contributed by atoms with E-state index in [2.05, 4.69) is 42.4 Å². The molecule has 2 aromatic carbocycles. The maximum Gasteiger partial charge on any atom is 0.319 e. The molecule has 27 heavy (non-hydrogen) atoms. The molecule has 2 aromatic rings. The number of likely N-dealkylation sites (N-methyl/N-ethyl adjacent to an activating group) is 1. The lowest BCUT2D eigenvalue weighted by atomic mass is 9.86. The first kappa shape index (κ1) is 20.8. The highest BCUT2D eigenvalue weighted by atomic mass is 16.5. The van der Waals surface area contributed by atoms with Crippen molar-refractivity contribution < 1.29 is 9.53 Å². The Morgan fingerprint density at radius 2 is 1.70 bits per heavy atom. The molecule has 0 saturated heterocycles. The van der Waals surface area contributed by atoms with Gasteiger partial charge in [0.25, 0.3) is 0 Å². The molecule has 1 unspecified atom stereocenters. The van der Waals surface area contributed by atoms with Gasteiger partial charge in [0, 0.05) is 12.2 Å². The molecule has 0 spiro atoms. The van der Waals surface area contributed by atoms with Crippen molar-refractivity contribution in [2.45, 2.75) is 32.2 Å². The van der Waals surface area contributed by atoms with Crippen LogP contribution in [-0.4, -0.2) is 38.7 Å². The van der Waals surface area contributed by atoms with E-state index in [1.165, 1.54) is 0 Å². The topological polar surface area (TPSA) is 53.6 Å². The van der Waals surface area contributed by atoms with Gasteiger partial charge in [0.15, 0.2) is 0 Å². The number of rotatable bonds is 6. The zero-order chi connectivity index (χ0) is 20.0. The van der Waals surface area contributed by atoms with Gasteiger partial charge in [0.05, 0.1) is 13.2 Å². The van der Waals surface area contributed by atoms with Crippen LogP contribution >= 0.6 is 0 Å². The summed E-state index contributed by atoms with van der Waals surface area (Å²) in [7, 11) is 5.66. The maximum absolute atomic E-state index is 12.5. The Hall–Kier alpha value is -2.53. The van der Waals surface area contributed by atoms with Crippen LogP contribution in [0.4, 0.5) is 10.5 Å². The standard InChI is InChI=1S/C22H31N3O2/c1-22(2,3)18-9-7-8-10-19(18)24-21(26)23-15-20(25(4)5)16-11-13-17(27-6)14-12-16/h7-14,20H,15H2,1-6H3,(H2,23,24,26). The molecule has 0 heterocycles. The molecule has 0 fully saturated rings. The maximum atomic E-state index is 12.5. The van der Waals surface area contributed by atoms with E-state index < -0.39 is 0 Å². The lowest BCUT2D eigenvalue weighted by Gasteiger charge is -2.26. The van der Waals surface area contributed by atoms with Crippen LogP contribution in [0.5, 0.6) is 5.75 Å². The van der Waals surface area contributed by atoms with E-state index in [9.17, 15) is 4.79 Å². The van der Waals surface area contributed by atoms with Gasteiger partial charge in [0.2, 0.25) is 0 Å². The third kappa shape index (κ3) is 5.73. The van der Waals surface area contributed by atoms with Crippen LogP contribution in [0, 0.1) is 0 Å². The zero-order valence-corrected chi connectivity index (χ0v) is 17.2. The molecule has 1 atom stereocenters. The Morgan fingerprint density at radius 1 is 1.07 bits per heavy atom. The summed E-state index contributed by atoms with van der Waals surface area (Å²) >= 11 is 0. The van der Waals surface area contributed by atoms with Gasteiger partial charge in [-0.25, -0.2) is 4.79 Å². The van der Waals surface area contributed by atoms with Crippen LogP contribution in [0.1, 0.15) is 37.9 Å². The van der Waals surface area contributed by atoms with E-state index in [-0.39, 0.29) is 17.5 Å². The number of hydrogen-bond donors (Lipinski definition) is 2. The lowest BCUT2D eigenvalue weighted by molar-refractivity contribution is 0.243. The first-order valence-corrected chi connectivity index (χ1v) is 9.17. The number of carbonyl (C=O) groups excluding carboxylic acids is 1. The van der Waals surface area contributed by atoms with E-state index in [0.29, 0.717) is 6.54 Å². The highest BCUT2D eigenvalue weighted by Gasteiger charge is 2.19. The van der Waals surface area contributed by atoms with E-state index in [1.54, 1.807) is 7.11 Å². The summed E-state index contributed by atoms with van der Waals surface area (Å²) < 4.78 is 5.22. The van der Waals surface area contributed by atoms with Gasteiger partial charge in [-0.3, -0.25) is 0 Å². The molecule has 0 aromatic heterocycles. The number of nitrogens with zero attached hydrogens (tertiary/aromatic N) is 1. The quantitative estimate of drug-likeness (QED) is 0.793. The van der Waals surface area contributed by atoms with Crippen LogP contribution in [0.3, 0.4) is 0 Å². The highest BCUT2D eigenvalue weighted by molar-refractivity contribution is 5.90. The molecule has 2 rings (SSSR count). The Labute approximate surface area is 162 Å². The average Bonchev–Trinajstić information content (AvgIpc) is 2.61. The Morgan fingerprint density at radius 3 is 2.26 bits per heavy atom. The first-order chi connectivity index (χ1) is 12.7. The predicted molar refractivity (Wildman–Crippen MR) is 112 cm³/mol.